The van der Waals surface area contributed by atoms with E-state index in [1.54, 1.807) is 0 Å². The standard InChI is InChI=1S/C9H19NO5/c1-5(2)10(14-3)9-8(13)7(12)6(11)4-15-9/h5-9,11-13H,4H2,1-3H3/t6-,7?,8?,9-/m1/s1. The summed E-state index contributed by atoms with van der Waals surface area (Å²) in [5.74, 6) is 0. The van der Waals surface area contributed by atoms with E-state index in [1.807, 2.05) is 13.8 Å². The van der Waals surface area contributed by atoms with Gasteiger partial charge in [0.05, 0.1) is 13.7 Å². The summed E-state index contributed by atoms with van der Waals surface area (Å²) in [7, 11) is 1.47. The number of ether oxygens (including phenoxy) is 1. The zero-order valence-corrected chi connectivity index (χ0v) is 9.20. The molecular formula is C9H19NO5. The number of aliphatic hydroxyl groups is 3. The van der Waals surface area contributed by atoms with Gasteiger partial charge in [-0.05, 0) is 13.8 Å². The molecule has 1 saturated heterocycles. The lowest BCUT2D eigenvalue weighted by Crippen LogP contribution is -2.60. The highest BCUT2D eigenvalue weighted by atomic mass is 16.7. The molecule has 0 aromatic carbocycles. The number of aliphatic hydroxyl groups excluding tert-OH is 3. The molecule has 0 radical (unpaired) electrons. The molecular weight excluding hydrogens is 202 g/mol. The van der Waals surface area contributed by atoms with Crippen LogP contribution in [-0.2, 0) is 9.57 Å². The lowest BCUT2D eigenvalue weighted by molar-refractivity contribution is -0.316. The van der Waals surface area contributed by atoms with Crippen LogP contribution in [0.15, 0.2) is 0 Å². The summed E-state index contributed by atoms with van der Waals surface area (Å²) in [6.45, 7) is 3.73. The van der Waals surface area contributed by atoms with Crippen LogP contribution in [0.3, 0.4) is 0 Å². The van der Waals surface area contributed by atoms with Gasteiger partial charge in [0.1, 0.15) is 18.3 Å². The SMILES string of the molecule is CON(C(C)C)[C@@H]1OC[C@@H](O)C(O)C1O. The van der Waals surface area contributed by atoms with Crippen molar-refractivity contribution >= 4 is 0 Å². The van der Waals surface area contributed by atoms with Crippen molar-refractivity contribution in [1.29, 1.82) is 0 Å². The van der Waals surface area contributed by atoms with Crippen LogP contribution in [0.25, 0.3) is 0 Å². The maximum atomic E-state index is 9.70. The van der Waals surface area contributed by atoms with Crippen LogP contribution >= 0.6 is 0 Å². The van der Waals surface area contributed by atoms with Gasteiger partial charge in [-0.15, -0.1) is 0 Å². The van der Waals surface area contributed by atoms with Crippen molar-refractivity contribution in [3.8, 4) is 0 Å². The van der Waals surface area contributed by atoms with Crippen LogP contribution in [0, 0.1) is 0 Å². The van der Waals surface area contributed by atoms with Crippen LogP contribution in [0.1, 0.15) is 13.8 Å². The first kappa shape index (κ1) is 12.8. The van der Waals surface area contributed by atoms with Gasteiger partial charge in [-0.1, -0.05) is 0 Å². The van der Waals surface area contributed by atoms with Gasteiger partial charge in [0.25, 0.3) is 0 Å². The van der Waals surface area contributed by atoms with Crippen molar-refractivity contribution in [2.24, 2.45) is 0 Å². The second-order valence-corrected chi connectivity index (χ2v) is 3.91. The summed E-state index contributed by atoms with van der Waals surface area (Å²) in [5, 5.41) is 29.9. The molecule has 6 nitrogen and oxygen atoms in total. The van der Waals surface area contributed by atoms with Gasteiger partial charge < -0.3 is 20.1 Å². The van der Waals surface area contributed by atoms with E-state index in [-0.39, 0.29) is 12.6 Å². The van der Waals surface area contributed by atoms with Gasteiger partial charge in [-0.3, -0.25) is 4.84 Å². The highest BCUT2D eigenvalue weighted by Gasteiger charge is 2.41. The molecule has 4 atom stereocenters. The Labute approximate surface area is 89.0 Å². The molecule has 0 amide bonds. The fourth-order valence-electron chi connectivity index (χ4n) is 1.62. The Morgan fingerprint density at radius 1 is 1.27 bits per heavy atom. The number of rotatable bonds is 3. The highest BCUT2D eigenvalue weighted by molar-refractivity contribution is 4.85. The molecule has 6 heteroatoms. The van der Waals surface area contributed by atoms with Crippen LogP contribution in [0.4, 0.5) is 0 Å². The first-order valence-electron chi connectivity index (χ1n) is 4.97. The van der Waals surface area contributed by atoms with Gasteiger partial charge in [-0.25, -0.2) is 0 Å². The summed E-state index contributed by atoms with van der Waals surface area (Å²) in [6.07, 6.45) is -4.20. The molecule has 0 spiro atoms. The monoisotopic (exact) mass is 221 g/mol. The average Bonchev–Trinajstić information content (AvgIpc) is 2.18. The van der Waals surface area contributed by atoms with Crippen molar-refractivity contribution in [2.75, 3.05) is 13.7 Å². The first-order chi connectivity index (χ1) is 6.99. The molecule has 15 heavy (non-hydrogen) atoms. The summed E-state index contributed by atoms with van der Waals surface area (Å²) < 4.78 is 5.23. The van der Waals surface area contributed by atoms with Crippen LogP contribution in [-0.4, -0.2) is 64.7 Å². The Kier molecular flexibility index (Phi) is 4.45. The molecule has 0 saturated carbocycles. The molecule has 1 aliphatic rings. The van der Waals surface area contributed by atoms with Crippen LogP contribution in [0.5, 0.6) is 0 Å². The van der Waals surface area contributed by atoms with Gasteiger partial charge in [0, 0.05) is 6.04 Å². The molecule has 90 valence electrons. The van der Waals surface area contributed by atoms with Gasteiger partial charge in [0.2, 0.25) is 0 Å². The molecule has 0 bridgehead atoms. The number of hydroxylamine groups is 2. The van der Waals surface area contributed by atoms with Crippen molar-refractivity contribution in [3.05, 3.63) is 0 Å². The third-order valence-electron chi connectivity index (χ3n) is 2.44. The van der Waals surface area contributed by atoms with E-state index < -0.39 is 24.5 Å². The van der Waals surface area contributed by atoms with Crippen molar-refractivity contribution in [3.63, 3.8) is 0 Å². The fraction of sp³-hybridized carbons (Fsp3) is 1.00. The topological polar surface area (TPSA) is 82.4 Å². The third kappa shape index (κ3) is 2.66. The minimum Gasteiger partial charge on any atom is -0.388 e. The van der Waals surface area contributed by atoms with E-state index in [4.69, 9.17) is 9.57 Å². The largest absolute Gasteiger partial charge is 0.388 e. The molecule has 1 aliphatic heterocycles. The van der Waals surface area contributed by atoms with Gasteiger partial charge in [0.15, 0.2) is 6.23 Å². The smallest absolute Gasteiger partial charge is 0.161 e. The fourth-order valence-corrected chi connectivity index (χ4v) is 1.62. The molecule has 2 unspecified atom stereocenters. The normalized spacial score (nSPS) is 37.6. The quantitative estimate of drug-likeness (QED) is 0.514. The lowest BCUT2D eigenvalue weighted by atomic mass is 10.0. The average molecular weight is 221 g/mol. The minimum atomic E-state index is -1.21. The van der Waals surface area contributed by atoms with E-state index >= 15 is 0 Å². The molecule has 3 N–H and O–H groups in total. The second kappa shape index (κ2) is 5.20. The summed E-state index contributed by atoms with van der Waals surface area (Å²) in [4.78, 5) is 5.06. The third-order valence-corrected chi connectivity index (χ3v) is 2.44. The van der Waals surface area contributed by atoms with E-state index in [1.165, 1.54) is 12.2 Å². The van der Waals surface area contributed by atoms with Crippen molar-refractivity contribution in [2.45, 2.75) is 44.4 Å². The maximum absolute atomic E-state index is 9.70. The molecule has 0 aromatic rings. The first-order valence-corrected chi connectivity index (χ1v) is 4.97. The van der Waals surface area contributed by atoms with Gasteiger partial charge >= 0.3 is 0 Å². The maximum Gasteiger partial charge on any atom is 0.161 e. The molecule has 0 aliphatic carbocycles. The molecule has 1 rings (SSSR count). The van der Waals surface area contributed by atoms with Gasteiger partial charge in [-0.2, -0.15) is 5.06 Å². The zero-order chi connectivity index (χ0) is 11.6. The number of hydrogen-bond acceptors (Lipinski definition) is 6. The summed E-state index contributed by atoms with van der Waals surface area (Å²) in [6, 6.07) is -0.00269. The minimum absolute atomic E-state index is 0.00269. The lowest BCUT2D eigenvalue weighted by Gasteiger charge is -2.41. The van der Waals surface area contributed by atoms with Crippen LogP contribution < -0.4 is 0 Å². The van der Waals surface area contributed by atoms with E-state index in [0.29, 0.717) is 0 Å². The van der Waals surface area contributed by atoms with E-state index in [2.05, 4.69) is 0 Å². The highest BCUT2D eigenvalue weighted by Crippen LogP contribution is 2.20. The van der Waals surface area contributed by atoms with E-state index in [9.17, 15) is 15.3 Å². The van der Waals surface area contributed by atoms with Crippen molar-refractivity contribution < 1.29 is 24.9 Å². The second-order valence-electron chi connectivity index (χ2n) is 3.91. The molecule has 1 heterocycles. The Hall–Kier alpha value is -0.240. The Morgan fingerprint density at radius 2 is 1.87 bits per heavy atom. The van der Waals surface area contributed by atoms with E-state index in [0.717, 1.165) is 0 Å². The van der Waals surface area contributed by atoms with Crippen LogP contribution in [0.2, 0.25) is 0 Å². The number of hydrogen-bond donors (Lipinski definition) is 3. The predicted molar refractivity (Wildman–Crippen MR) is 51.7 cm³/mol. The summed E-state index contributed by atoms with van der Waals surface area (Å²) >= 11 is 0. The zero-order valence-electron chi connectivity index (χ0n) is 9.20. The molecule has 1 fully saturated rings. The Bertz CT molecular complexity index is 201. The summed E-state index contributed by atoms with van der Waals surface area (Å²) in [5.41, 5.74) is 0. The Morgan fingerprint density at radius 3 is 2.33 bits per heavy atom. The molecule has 0 aromatic heterocycles. The predicted octanol–water partition coefficient (Wildman–Crippen LogP) is -1.30. The van der Waals surface area contributed by atoms with Crippen molar-refractivity contribution in [1.82, 2.24) is 5.06 Å². The number of nitrogens with zero attached hydrogens (tertiary/aromatic N) is 1. The Balaban J connectivity index is 2.69.